The average molecular weight is 486 g/mol. The summed E-state index contributed by atoms with van der Waals surface area (Å²) in [6, 6.07) is 28.1. The molecule has 2 heterocycles. The van der Waals surface area contributed by atoms with Gasteiger partial charge in [0.25, 0.3) is 0 Å². The first-order valence-electron chi connectivity index (χ1n) is 9.20. The molecule has 0 bridgehead atoms. The highest BCUT2D eigenvalue weighted by Gasteiger charge is 2.15. The molecule has 0 spiro atoms. The Labute approximate surface area is 181 Å². The Morgan fingerprint density at radius 2 is 1.14 bits per heavy atom. The van der Waals surface area contributed by atoms with Crippen molar-refractivity contribution in [1.29, 1.82) is 0 Å². The molecular formula is C24H15IN4. The lowest BCUT2D eigenvalue weighted by Crippen LogP contribution is -2.01. The summed E-state index contributed by atoms with van der Waals surface area (Å²) in [5.41, 5.74) is 3.70. The number of hydrogen-bond donors (Lipinski definition) is 0. The van der Waals surface area contributed by atoms with E-state index in [1.165, 1.54) is 0 Å². The Morgan fingerprint density at radius 1 is 0.552 bits per heavy atom. The molecule has 0 N–H and O–H groups in total. The summed E-state index contributed by atoms with van der Waals surface area (Å²) >= 11 is 2.33. The van der Waals surface area contributed by atoms with Crippen LogP contribution >= 0.6 is 22.6 Å². The summed E-state index contributed by atoms with van der Waals surface area (Å²) in [6.45, 7) is 0. The SMILES string of the molecule is Ic1ccc(-c2nc(-c3ccccc3)nc(-c3ccccc3)n2)c2ncccc12. The molecule has 29 heavy (non-hydrogen) atoms. The van der Waals surface area contributed by atoms with E-state index in [0.717, 1.165) is 31.2 Å². The maximum absolute atomic E-state index is 4.81. The Balaban J connectivity index is 1.79. The van der Waals surface area contributed by atoms with Crippen LogP contribution in [-0.2, 0) is 0 Å². The third-order valence-corrected chi connectivity index (χ3v) is 5.60. The zero-order chi connectivity index (χ0) is 19.6. The minimum absolute atomic E-state index is 0.623. The molecule has 3 aromatic carbocycles. The standard InChI is InChI=1S/C24H15IN4/c25-20-14-13-19(21-18(20)12-7-15-26-21)24-28-22(16-8-3-1-4-9-16)27-23(29-24)17-10-5-2-6-11-17/h1-15H. The molecule has 0 fully saturated rings. The first kappa shape index (κ1) is 17.9. The van der Waals surface area contributed by atoms with Crippen LogP contribution < -0.4 is 0 Å². The molecule has 5 heteroatoms. The second-order valence-corrected chi connectivity index (χ2v) is 7.69. The lowest BCUT2D eigenvalue weighted by molar-refractivity contribution is 1.07. The van der Waals surface area contributed by atoms with E-state index in [-0.39, 0.29) is 0 Å². The highest BCUT2D eigenvalue weighted by atomic mass is 127. The Kier molecular flexibility index (Phi) is 4.73. The number of nitrogens with zero attached hydrogens (tertiary/aromatic N) is 4. The van der Waals surface area contributed by atoms with Gasteiger partial charge in [0.15, 0.2) is 17.5 Å². The van der Waals surface area contributed by atoms with Crippen LogP contribution in [0.4, 0.5) is 0 Å². The average Bonchev–Trinajstić information content (AvgIpc) is 2.80. The molecule has 0 atom stereocenters. The molecular weight excluding hydrogens is 471 g/mol. The van der Waals surface area contributed by atoms with Gasteiger partial charge in [0.1, 0.15) is 0 Å². The Hall–Kier alpha value is -3.19. The van der Waals surface area contributed by atoms with Crippen LogP contribution in [0.3, 0.4) is 0 Å². The quantitative estimate of drug-likeness (QED) is 0.293. The lowest BCUT2D eigenvalue weighted by Gasteiger charge is -2.10. The summed E-state index contributed by atoms with van der Waals surface area (Å²) in [7, 11) is 0. The predicted octanol–water partition coefficient (Wildman–Crippen LogP) is 6.03. The first-order valence-corrected chi connectivity index (χ1v) is 10.3. The predicted molar refractivity (Wildman–Crippen MR) is 124 cm³/mol. The van der Waals surface area contributed by atoms with Crippen LogP contribution in [0, 0.1) is 3.57 Å². The van der Waals surface area contributed by atoms with E-state index in [9.17, 15) is 0 Å². The molecule has 5 rings (SSSR count). The van der Waals surface area contributed by atoms with Crippen LogP contribution in [0.1, 0.15) is 0 Å². The van der Waals surface area contributed by atoms with Crippen molar-refractivity contribution in [1.82, 2.24) is 19.9 Å². The Morgan fingerprint density at radius 3 is 1.76 bits per heavy atom. The first-order chi connectivity index (χ1) is 14.3. The largest absolute Gasteiger partial charge is 0.255 e. The minimum atomic E-state index is 0.623. The fourth-order valence-corrected chi connectivity index (χ4v) is 3.86. The van der Waals surface area contributed by atoms with Gasteiger partial charge < -0.3 is 0 Å². The summed E-state index contributed by atoms with van der Waals surface area (Å²) in [5.74, 6) is 1.92. The topological polar surface area (TPSA) is 51.6 Å². The molecule has 0 amide bonds. The van der Waals surface area contributed by atoms with Gasteiger partial charge in [0, 0.05) is 31.8 Å². The van der Waals surface area contributed by atoms with Crippen molar-refractivity contribution in [2.75, 3.05) is 0 Å². The molecule has 0 aliphatic carbocycles. The van der Waals surface area contributed by atoms with Crippen molar-refractivity contribution in [3.05, 3.63) is 94.7 Å². The highest BCUT2D eigenvalue weighted by molar-refractivity contribution is 14.1. The van der Waals surface area contributed by atoms with Gasteiger partial charge in [0.2, 0.25) is 0 Å². The third kappa shape index (κ3) is 3.49. The zero-order valence-corrected chi connectivity index (χ0v) is 17.5. The maximum atomic E-state index is 4.81. The molecule has 0 aliphatic rings. The van der Waals surface area contributed by atoms with E-state index in [0.29, 0.717) is 17.5 Å². The Bertz CT molecular complexity index is 1250. The van der Waals surface area contributed by atoms with Gasteiger partial charge in [0.05, 0.1) is 5.52 Å². The molecule has 0 saturated heterocycles. The van der Waals surface area contributed by atoms with Gasteiger partial charge in [-0.3, -0.25) is 4.98 Å². The molecule has 5 aromatic rings. The molecule has 138 valence electrons. The van der Waals surface area contributed by atoms with Crippen LogP contribution in [0.15, 0.2) is 91.1 Å². The number of halogens is 1. The van der Waals surface area contributed by atoms with E-state index in [2.05, 4.69) is 39.7 Å². The number of benzene rings is 3. The van der Waals surface area contributed by atoms with Crippen molar-refractivity contribution in [2.45, 2.75) is 0 Å². The zero-order valence-electron chi connectivity index (χ0n) is 15.3. The fraction of sp³-hybridized carbons (Fsp3) is 0. The van der Waals surface area contributed by atoms with Crippen molar-refractivity contribution in [3.63, 3.8) is 0 Å². The number of aromatic nitrogens is 4. The normalized spacial score (nSPS) is 10.9. The summed E-state index contributed by atoms with van der Waals surface area (Å²) < 4.78 is 1.15. The summed E-state index contributed by atoms with van der Waals surface area (Å²) in [6.07, 6.45) is 1.80. The van der Waals surface area contributed by atoms with Gasteiger partial charge in [-0.1, -0.05) is 66.7 Å². The molecule has 0 radical (unpaired) electrons. The van der Waals surface area contributed by atoms with Gasteiger partial charge in [-0.2, -0.15) is 0 Å². The molecule has 0 unspecified atom stereocenters. The van der Waals surface area contributed by atoms with Gasteiger partial charge in [-0.05, 0) is 40.8 Å². The van der Waals surface area contributed by atoms with Crippen molar-refractivity contribution in [3.8, 4) is 34.2 Å². The van der Waals surface area contributed by atoms with Crippen LogP contribution in [0.25, 0.3) is 45.1 Å². The second kappa shape index (κ2) is 7.67. The fourth-order valence-electron chi connectivity index (χ4n) is 3.25. The second-order valence-electron chi connectivity index (χ2n) is 6.53. The van der Waals surface area contributed by atoms with Gasteiger partial charge in [-0.25, -0.2) is 15.0 Å². The molecule has 2 aromatic heterocycles. The van der Waals surface area contributed by atoms with Gasteiger partial charge in [-0.15, -0.1) is 0 Å². The molecule has 0 saturated carbocycles. The number of rotatable bonds is 3. The van der Waals surface area contributed by atoms with E-state index >= 15 is 0 Å². The van der Waals surface area contributed by atoms with Crippen molar-refractivity contribution < 1.29 is 0 Å². The molecule has 0 aliphatic heterocycles. The van der Waals surface area contributed by atoms with Crippen molar-refractivity contribution >= 4 is 33.5 Å². The van der Waals surface area contributed by atoms with E-state index < -0.39 is 0 Å². The number of fused-ring (bicyclic) bond motifs is 1. The van der Waals surface area contributed by atoms with Crippen molar-refractivity contribution in [2.24, 2.45) is 0 Å². The number of pyridine rings is 1. The monoisotopic (exact) mass is 486 g/mol. The van der Waals surface area contributed by atoms with E-state index in [1.54, 1.807) is 6.20 Å². The highest BCUT2D eigenvalue weighted by Crippen LogP contribution is 2.30. The van der Waals surface area contributed by atoms with E-state index in [1.807, 2.05) is 72.8 Å². The van der Waals surface area contributed by atoms with Crippen LogP contribution in [-0.4, -0.2) is 19.9 Å². The minimum Gasteiger partial charge on any atom is -0.255 e. The lowest BCUT2D eigenvalue weighted by atomic mass is 10.1. The number of hydrogen-bond acceptors (Lipinski definition) is 4. The maximum Gasteiger partial charge on any atom is 0.166 e. The van der Waals surface area contributed by atoms with Crippen LogP contribution in [0.5, 0.6) is 0 Å². The smallest absolute Gasteiger partial charge is 0.166 e. The summed E-state index contributed by atoms with van der Waals surface area (Å²) in [5, 5.41) is 1.09. The van der Waals surface area contributed by atoms with E-state index in [4.69, 9.17) is 15.0 Å². The summed E-state index contributed by atoms with van der Waals surface area (Å²) in [4.78, 5) is 19.0. The van der Waals surface area contributed by atoms with Crippen LogP contribution in [0.2, 0.25) is 0 Å². The van der Waals surface area contributed by atoms with Gasteiger partial charge >= 0.3 is 0 Å². The third-order valence-electron chi connectivity index (χ3n) is 4.66. The molecule has 4 nitrogen and oxygen atoms in total.